The van der Waals surface area contributed by atoms with E-state index in [0.29, 0.717) is 25.8 Å². The minimum atomic E-state index is -1.14. The van der Waals surface area contributed by atoms with Crippen LogP contribution in [0.1, 0.15) is 61.9 Å². The van der Waals surface area contributed by atoms with Crippen LogP contribution in [-0.4, -0.2) is 77.8 Å². The molecule has 2 aromatic heterocycles. The van der Waals surface area contributed by atoms with Gasteiger partial charge in [-0.05, 0) is 60.2 Å². The van der Waals surface area contributed by atoms with E-state index >= 15 is 0 Å². The number of nitrogens with zero attached hydrogens (tertiary/aromatic N) is 4. The summed E-state index contributed by atoms with van der Waals surface area (Å²) < 4.78 is 28.8. The van der Waals surface area contributed by atoms with Gasteiger partial charge in [-0.1, -0.05) is 39.6 Å². The summed E-state index contributed by atoms with van der Waals surface area (Å²) in [6.45, 7) is 12.6. The van der Waals surface area contributed by atoms with E-state index < -0.39 is 26.3 Å². The molecule has 0 radical (unpaired) electrons. The number of ether oxygens (including phenoxy) is 2. The Balaban J connectivity index is 1.20. The molecule has 2 aliphatic heterocycles. The molecule has 5 N–H and O–H groups in total. The lowest BCUT2D eigenvalue weighted by Gasteiger charge is -2.28. The monoisotopic (exact) mass is 661 g/mol. The zero-order valence-electron chi connectivity index (χ0n) is 28.2. The summed E-state index contributed by atoms with van der Waals surface area (Å²) in [6.07, 6.45) is 4.46. The van der Waals surface area contributed by atoms with Crippen molar-refractivity contribution in [1.82, 2.24) is 19.4 Å². The van der Waals surface area contributed by atoms with Crippen molar-refractivity contribution in [1.29, 1.82) is 0 Å². The SMILES string of the molecule is CC(C)C(N)C(=O)N1CC(F)CC1c1cnc(C2=CC3=C(CC2)c2cc4cc(C(CN)=NCOCC[Si](C)(C)C)ccc4n2CO3)[nH]1. The van der Waals surface area contributed by atoms with Crippen LogP contribution in [0.2, 0.25) is 25.7 Å². The number of carbonyl (C=O) groups is 1. The molecule has 3 atom stereocenters. The highest BCUT2D eigenvalue weighted by atomic mass is 28.3. The van der Waals surface area contributed by atoms with Gasteiger partial charge in [-0.25, -0.2) is 9.37 Å². The Labute approximate surface area is 277 Å². The second-order valence-corrected chi connectivity index (χ2v) is 20.1. The Morgan fingerprint density at radius 3 is 2.81 bits per heavy atom. The van der Waals surface area contributed by atoms with Crippen LogP contribution in [0.3, 0.4) is 0 Å². The number of alkyl halides is 1. The highest BCUT2D eigenvalue weighted by Crippen LogP contribution is 2.41. The molecule has 6 rings (SSSR count). The smallest absolute Gasteiger partial charge is 0.240 e. The first-order valence-corrected chi connectivity index (χ1v) is 20.4. The van der Waals surface area contributed by atoms with E-state index in [0.717, 1.165) is 76.0 Å². The number of hydrogen-bond donors (Lipinski definition) is 3. The van der Waals surface area contributed by atoms with Crippen LogP contribution in [-0.2, 0) is 21.0 Å². The highest BCUT2D eigenvalue weighted by Gasteiger charge is 2.40. The number of nitrogens with one attached hydrogen (secondary N) is 1. The second-order valence-electron chi connectivity index (χ2n) is 14.5. The lowest BCUT2D eigenvalue weighted by Crippen LogP contribution is -2.46. The van der Waals surface area contributed by atoms with Crippen molar-refractivity contribution >= 4 is 41.7 Å². The molecule has 0 bridgehead atoms. The fraction of sp³-hybridized carbons (Fsp3) is 0.514. The third kappa shape index (κ3) is 7.01. The van der Waals surface area contributed by atoms with Crippen molar-refractivity contribution in [2.45, 2.75) is 83.8 Å². The molecule has 1 aromatic carbocycles. The van der Waals surface area contributed by atoms with Crippen molar-refractivity contribution in [2.24, 2.45) is 22.4 Å². The number of likely N-dealkylation sites (tertiary alicyclic amines) is 1. The molecule has 0 spiro atoms. The lowest BCUT2D eigenvalue weighted by atomic mass is 9.93. The number of amides is 1. The summed E-state index contributed by atoms with van der Waals surface area (Å²) in [5, 5.41) is 1.11. The third-order valence-corrected chi connectivity index (χ3v) is 11.2. The first-order chi connectivity index (χ1) is 22.4. The predicted octanol–water partition coefficient (Wildman–Crippen LogP) is 5.60. The average molecular weight is 662 g/mol. The zero-order chi connectivity index (χ0) is 33.5. The molecular formula is C35H48FN7O3Si. The highest BCUT2D eigenvalue weighted by molar-refractivity contribution is 6.76. The number of carbonyl (C=O) groups excluding carboxylic acids is 1. The van der Waals surface area contributed by atoms with Gasteiger partial charge in [0, 0.05) is 38.6 Å². The number of aromatic amines is 1. The van der Waals surface area contributed by atoms with Gasteiger partial charge in [0.25, 0.3) is 0 Å². The van der Waals surface area contributed by atoms with Crippen LogP contribution in [0.4, 0.5) is 4.39 Å². The first kappa shape index (κ1) is 33.3. The van der Waals surface area contributed by atoms with Crippen molar-refractivity contribution in [3.8, 4) is 0 Å². The van der Waals surface area contributed by atoms with Gasteiger partial charge in [0.2, 0.25) is 5.91 Å². The molecule has 252 valence electrons. The van der Waals surface area contributed by atoms with Crippen LogP contribution < -0.4 is 11.5 Å². The summed E-state index contributed by atoms with van der Waals surface area (Å²) in [5.41, 5.74) is 19.2. The quantitative estimate of drug-likeness (QED) is 0.139. The normalized spacial score (nSPS) is 20.8. The van der Waals surface area contributed by atoms with Gasteiger partial charge in [0.05, 0.1) is 47.4 Å². The Kier molecular flexibility index (Phi) is 9.57. The number of allylic oxidation sites excluding steroid dienone is 3. The molecule has 12 heteroatoms. The van der Waals surface area contributed by atoms with Gasteiger partial charge in [-0.15, -0.1) is 0 Å². The van der Waals surface area contributed by atoms with Gasteiger partial charge in [-0.3, -0.25) is 9.79 Å². The van der Waals surface area contributed by atoms with Gasteiger partial charge in [-0.2, -0.15) is 0 Å². The summed E-state index contributed by atoms with van der Waals surface area (Å²) >= 11 is 0. The molecule has 1 aliphatic carbocycles. The van der Waals surface area contributed by atoms with Gasteiger partial charge >= 0.3 is 0 Å². The number of fused-ring (bicyclic) bond motifs is 4. The molecule has 3 unspecified atom stereocenters. The van der Waals surface area contributed by atoms with Gasteiger partial charge in [0.1, 0.15) is 24.5 Å². The largest absolute Gasteiger partial charge is 0.472 e. The molecule has 1 fully saturated rings. The van der Waals surface area contributed by atoms with Gasteiger partial charge < -0.3 is 35.4 Å². The van der Waals surface area contributed by atoms with E-state index in [4.69, 9.17) is 20.9 Å². The van der Waals surface area contributed by atoms with Crippen molar-refractivity contribution < 1.29 is 18.7 Å². The van der Waals surface area contributed by atoms with E-state index in [1.807, 2.05) is 13.8 Å². The summed E-state index contributed by atoms with van der Waals surface area (Å²) in [6, 6.07) is 8.58. The number of aromatic nitrogens is 3. The average Bonchev–Trinajstić information content (AvgIpc) is 3.77. The number of imidazole rings is 1. The number of aliphatic imine (C=N–C) groups is 1. The number of rotatable bonds is 11. The van der Waals surface area contributed by atoms with Crippen LogP contribution >= 0.6 is 0 Å². The van der Waals surface area contributed by atoms with Crippen molar-refractivity contribution in [3.05, 3.63) is 65.1 Å². The fourth-order valence-electron chi connectivity index (χ4n) is 6.55. The maximum atomic E-state index is 14.5. The maximum Gasteiger partial charge on any atom is 0.240 e. The molecule has 10 nitrogen and oxygen atoms in total. The van der Waals surface area contributed by atoms with E-state index in [-0.39, 0.29) is 24.8 Å². The predicted molar refractivity (Wildman–Crippen MR) is 187 cm³/mol. The number of benzene rings is 1. The zero-order valence-corrected chi connectivity index (χ0v) is 29.2. The Morgan fingerprint density at radius 2 is 2.06 bits per heavy atom. The number of hydrogen-bond acceptors (Lipinski definition) is 7. The van der Waals surface area contributed by atoms with Crippen molar-refractivity contribution in [2.75, 3.05) is 26.4 Å². The van der Waals surface area contributed by atoms with Gasteiger partial charge in [0.15, 0.2) is 6.73 Å². The Morgan fingerprint density at radius 1 is 1.26 bits per heavy atom. The molecule has 3 aromatic rings. The number of nitrogens with two attached hydrogens (primary N) is 2. The molecule has 47 heavy (non-hydrogen) atoms. The van der Waals surface area contributed by atoms with E-state index in [1.165, 1.54) is 0 Å². The van der Waals surface area contributed by atoms with E-state index in [1.54, 1.807) is 11.1 Å². The molecule has 0 saturated carbocycles. The molecule has 1 saturated heterocycles. The number of halogens is 1. The van der Waals surface area contributed by atoms with Crippen LogP contribution in [0.15, 0.2) is 47.3 Å². The minimum absolute atomic E-state index is 0.0306. The topological polar surface area (TPSA) is 137 Å². The van der Waals surface area contributed by atoms with E-state index in [9.17, 15) is 9.18 Å². The summed E-state index contributed by atoms with van der Waals surface area (Å²) in [7, 11) is -1.14. The van der Waals surface area contributed by atoms with E-state index in [2.05, 4.69) is 69.5 Å². The lowest BCUT2D eigenvalue weighted by molar-refractivity contribution is -0.134. The van der Waals surface area contributed by atoms with Crippen LogP contribution in [0.5, 0.6) is 0 Å². The molecule has 4 heterocycles. The fourth-order valence-corrected chi connectivity index (χ4v) is 7.31. The standard InChI is InChI=1S/C35H48FN7O3Si/c1-21(2)33(38)35(44)42-18-25(36)15-31(42)28-17-39-34(41-28)23-6-8-26-30-13-24-12-22(7-9-29(24)43(30)20-46-32(26)14-23)27(16-37)40-19-45-10-11-47(3,4)5/h7,9,12-14,17,21,25,31,33H,6,8,10-11,15-16,18-20,37-38H2,1-5H3,(H,39,41). The molecule has 3 aliphatic rings. The molecule has 1 amide bonds. The number of H-pyrrole nitrogens is 1. The Hall–Kier alpha value is -3.58. The second kappa shape index (κ2) is 13.5. The minimum Gasteiger partial charge on any atom is -0.472 e. The maximum absolute atomic E-state index is 14.5. The summed E-state index contributed by atoms with van der Waals surface area (Å²) in [4.78, 5) is 27.3. The Bertz CT molecular complexity index is 1730. The molecular weight excluding hydrogens is 614 g/mol. The third-order valence-electron chi connectivity index (χ3n) is 9.47. The van der Waals surface area contributed by atoms with Crippen LogP contribution in [0, 0.1) is 5.92 Å². The van der Waals surface area contributed by atoms with Crippen LogP contribution in [0.25, 0.3) is 22.0 Å². The van der Waals surface area contributed by atoms with Crippen molar-refractivity contribution in [3.63, 3.8) is 0 Å². The first-order valence-electron chi connectivity index (χ1n) is 16.7. The summed E-state index contributed by atoms with van der Waals surface area (Å²) in [5.74, 6) is 1.30.